The van der Waals surface area contributed by atoms with Gasteiger partial charge in [-0.1, -0.05) is 54.5 Å². The zero-order chi connectivity index (χ0) is 14.8. The Bertz CT molecular complexity index is 805. The predicted molar refractivity (Wildman–Crippen MR) is 84.4 cm³/mol. The molecule has 1 aromatic carbocycles. The third kappa shape index (κ3) is 2.55. The van der Waals surface area contributed by atoms with Gasteiger partial charge in [0.2, 0.25) is 4.96 Å². The Morgan fingerprint density at radius 1 is 1.29 bits per heavy atom. The number of benzene rings is 1. The summed E-state index contributed by atoms with van der Waals surface area (Å²) in [6.07, 6.45) is 3.21. The molecule has 106 valence electrons. The molecular formula is C16H16N4S. The number of hydrogen-bond donors (Lipinski definition) is 0. The predicted octanol–water partition coefficient (Wildman–Crippen LogP) is 3.98. The summed E-state index contributed by atoms with van der Waals surface area (Å²) < 4.78 is 1.69. The highest BCUT2D eigenvalue weighted by Gasteiger charge is 2.17. The summed E-state index contributed by atoms with van der Waals surface area (Å²) in [6, 6.07) is 10.3. The molecule has 2 aromatic heterocycles. The molecule has 0 N–H and O–H groups in total. The van der Waals surface area contributed by atoms with E-state index < -0.39 is 0 Å². The Balaban J connectivity index is 2.06. The highest BCUT2D eigenvalue weighted by atomic mass is 32.1. The molecule has 0 spiro atoms. The van der Waals surface area contributed by atoms with Crippen molar-refractivity contribution in [2.45, 2.75) is 33.1 Å². The normalized spacial score (nSPS) is 10.9. The second-order valence-corrected chi connectivity index (χ2v) is 6.12. The first kappa shape index (κ1) is 13.8. The first-order valence-electron chi connectivity index (χ1n) is 7.08. The average molecular weight is 296 g/mol. The Morgan fingerprint density at radius 3 is 2.71 bits per heavy atom. The lowest BCUT2D eigenvalue weighted by Gasteiger charge is -1.98. The number of fused-ring (bicyclic) bond motifs is 1. The minimum absolute atomic E-state index is 0.521. The molecular weight excluding hydrogens is 280 g/mol. The van der Waals surface area contributed by atoms with Gasteiger partial charge in [-0.05, 0) is 13.3 Å². The molecule has 0 fully saturated rings. The topological polar surface area (TPSA) is 54.0 Å². The monoisotopic (exact) mass is 296 g/mol. The van der Waals surface area contributed by atoms with E-state index in [4.69, 9.17) is 0 Å². The molecule has 0 aliphatic heterocycles. The molecule has 3 rings (SSSR count). The second kappa shape index (κ2) is 5.66. The van der Waals surface area contributed by atoms with E-state index in [2.05, 4.69) is 23.1 Å². The molecule has 0 saturated carbocycles. The lowest BCUT2D eigenvalue weighted by Crippen LogP contribution is -1.93. The maximum Gasteiger partial charge on any atom is 0.214 e. The molecule has 0 atom stereocenters. The van der Waals surface area contributed by atoms with Gasteiger partial charge < -0.3 is 0 Å². The van der Waals surface area contributed by atoms with E-state index in [0.717, 1.165) is 40.5 Å². The lowest BCUT2D eigenvalue weighted by molar-refractivity contribution is 0.769. The fraction of sp³-hybridized carbons (Fsp3) is 0.312. The maximum absolute atomic E-state index is 9.46. The fourth-order valence-electron chi connectivity index (χ4n) is 2.23. The molecule has 0 bridgehead atoms. The van der Waals surface area contributed by atoms with Crippen molar-refractivity contribution in [3.63, 3.8) is 0 Å². The smallest absolute Gasteiger partial charge is 0.214 e. The van der Waals surface area contributed by atoms with Crippen molar-refractivity contribution >= 4 is 16.3 Å². The lowest BCUT2D eigenvalue weighted by atomic mass is 10.1. The van der Waals surface area contributed by atoms with Crippen molar-refractivity contribution in [2.75, 3.05) is 0 Å². The summed E-state index contributed by atoms with van der Waals surface area (Å²) in [5.41, 5.74) is 3.40. The molecule has 0 aliphatic rings. The molecule has 5 heteroatoms. The third-order valence-corrected chi connectivity index (χ3v) is 4.39. The molecule has 0 amide bonds. The Morgan fingerprint density at radius 2 is 2.05 bits per heavy atom. The van der Waals surface area contributed by atoms with Crippen molar-refractivity contribution < 1.29 is 0 Å². The van der Waals surface area contributed by atoms with Crippen LogP contribution in [0.1, 0.15) is 36.0 Å². The number of hydrogen-bond acceptors (Lipinski definition) is 4. The SMILES string of the molecule is CCCCc1nn2c(C#N)c(-c3ccc(C)cc3)nc2s1. The van der Waals surface area contributed by atoms with Crippen molar-refractivity contribution in [3.8, 4) is 17.3 Å². The van der Waals surface area contributed by atoms with Crippen LogP contribution >= 0.6 is 11.3 Å². The Labute approximate surface area is 127 Å². The molecule has 2 heterocycles. The minimum Gasteiger partial charge on any atom is -0.216 e. The number of unbranched alkanes of at least 4 members (excludes halogenated alkanes) is 1. The van der Waals surface area contributed by atoms with Gasteiger partial charge >= 0.3 is 0 Å². The summed E-state index contributed by atoms with van der Waals surface area (Å²) in [5, 5.41) is 15.0. The van der Waals surface area contributed by atoms with E-state index in [0.29, 0.717) is 5.69 Å². The van der Waals surface area contributed by atoms with Gasteiger partial charge in [-0.3, -0.25) is 0 Å². The first-order valence-corrected chi connectivity index (χ1v) is 7.90. The number of nitriles is 1. The van der Waals surface area contributed by atoms with Crippen LogP contribution in [-0.4, -0.2) is 14.6 Å². The number of aromatic nitrogens is 3. The van der Waals surface area contributed by atoms with Crippen LogP contribution in [0.2, 0.25) is 0 Å². The van der Waals surface area contributed by atoms with Gasteiger partial charge in [0, 0.05) is 12.0 Å². The summed E-state index contributed by atoms with van der Waals surface area (Å²) >= 11 is 1.58. The van der Waals surface area contributed by atoms with Gasteiger partial charge in [-0.2, -0.15) is 14.9 Å². The summed E-state index contributed by atoms with van der Waals surface area (Å²) in [6.45, 7) is 4.21. The Hall–Kier alpha value is -2.19. The molecule has 0 unspecified atom stereocenters. The van der Waals surface area contributed by atoms with Crippen LogP contribution in [0.4, 0.5) is 0 Å². The van der Waals surface area contributed by atoms with Crippen LogP contribution in [0.3, 0.4) is 0 Å². The van der Waals surface area contributed by atoms with Gasteiger partial charge in [-0.25, -0.2) is 4.98 Å². The van der Waals surface area contributed by atoms with E-state index in [-0.39, 0.29) is 0 Å². The molecule has 3 aromatic rings. The zero-order valence-corrected chi connectivity index (χ0v) is 12.9. The number of rotatable bonds is 4. The Kier molecular flexibility index (Phi) is 3.72. The highest BCUT2D eigenvalue weighted by Crippen LogP contribution is 2.27. The van der Waals surface area contributed by atoms with Crippen LogP contribution in [0.5, 0.6) is 0 Å². The number of nitrogens with zero attached hydrogens (tertiary/aromatic N) is 4. The molecule has 4 nitrogen and oxygen atoms in total. The van der Waals surface area contributed by atoms with Crippen LogP contribution in [0.25, 0.3) is 16.2 Å². The van der Waals surface area contributed by atoms with Crippen molar-refractivity contribution in [2.24, 2.45) is 0 Å². The standard InChI is InChI=1S/C16H16N4S/c1-3-4-5-14-19-20-13(10-17)15(18-16(20)21-14)12-8-6-11(2)7-9-12/h6-9H,3-5H2,1-2H3. The van der Waals surface area contributed by atoms with Crippen LogP contribution in [0, 0.1) is 18.3 Å². The molecule has 0 saturated heterocycles. The first-order chi connectivity index (χ1) is 10.2. The highest BCUT2D eigenvalue weighted by molar-refractivity contribution is 7.16. The molecule has 21 heavy (non-hydrogen) atoms. The molecule has 0 radical (unpaired) electrons. The maximum atomic E-state index is 9.46. The number of aryl methyl sites for hydroxylation is 2. The van der Waals surface area contributed by atoms with Gasteiger partial charge in [0.05, 0.1) is 0 Å². The van der Waals surface area contributed by atoms with E-state index in [1.807, 2.05) is 31.2 Å². The van der Waals surface area contributed by atoms with E-state index in [1.54, 1.807) is 15.9 Å². The number of imidazole rings is 1. The third-order valence-electron chi connectivity index (χ3n) is 3.42. The van der Waals surface area contributed by atoms with Gasteiger partial charge in [0.15, 0.2) is 5.69 Å². The average Bonchev–Trinajstić information content (AvgIpc) is 3.02. The summed E-state index contributed by atoms with van der Waals surface area (Å²) in [7, 11) is 0. The van der Waals surface area contributed by atoms with Crippen LogP contribution in [0.15, 0.2) is 24.3 Å². The largest absolute Gasteiger partial charge is 0.216 e. The zero-order valence-electron chi connectivity index (χ0n) is 12.1. The van der Waals surface area contributed by atoms with Gasteiger partial charge in [-0.15, -0.1) is 0 Å². The summed E-state index contributed by atoms with van der Waals surface area (Å²) in [4.78, 5) is 5.41. The van der Waals surface area contributed by atoms with Crippen molar-refractivity contribution in [1.29, 1.82) is 5.26 Å². The van der Waals surface area contributed by atoms with Crippen LogP contribution in [-0.2, 0) is 6.42 Å². The minimum atomic E-state index is 0.521. The van der Waals surface area contributed by atoms with Crippen LogP contribution < -0.4 is 0 Å². The van der Waals surface area contributed by atoms with E-state index in [1.165, 1.54) is 5.56 Å². The second-order valence-electron chi connectivity index (χ2n) is 5.08. The van der Waals surface area contributed by atoms with Crippen molar-refractivity contribution in [3.05, 3.63) is 40.5 Å². The van der Waals surface area contributed by atoms with E-state index >= 15 is 0 Å². The summed E-state index contributed by atoms with van der Waals surface area (Å²) in [5.74, 6) is 0. The molecule has 0 aliphatic carbocycles. The van der Waals surface area contributed by atoms with Crippen molar-refractivity contribution in [1.82, 2.24) is 14.6 Å². The van der Waals surface area contributed by atoms with E-state index in [9.17, 15) is 5.26 Å². The van der Waals surface area contributed by atoms with Gasteiger partial charge in [0.25, 0.3) is 0 Å². The van der Waals surface area contributed by atoms with Gasteiger partial charge in [0.1, 0.15) is 16.8 Å². The fourth-order valence-corrected chi connectivity index (χ4v) is 3.17. The quantitative estimate of drug-likeness (QED) is 0.731.